The van der Waals surface area contributed by atoms with Crippen molar-refractivity contribution in [3.63, 3.8) is 0 Å². The van der Waals surface area contributed by atoms with Gasteiger partial charge in [0.05, 0.1) is 5.69 Å². The van der Waals surface area contributed by atoms with Crippen LogP contribution < -0.4 is 10.1 Å². The highest BCUT2D eigenvalue weighted by Gasteiger charge is 2.09. The molecule has 150 valence electrons. The molecular formula is C24H19ClN2O2S. The van der Waals surface area contributed by atoms with Crippen LogP contribution in [0.25, 0.3) is 21.8 Å². The molecule has 4 aromatic rings. The van der Waals surface area contributed by atoms with E-state index in [1.165, 1.54) is 5.56 Å². The summed E-state index contributed by atoms with van der Waals surface area (Å²) in [5.74, 6) is 0.367. The summed E-state index contributed by atoms with van der Waals surface area (Å²) in [5.41, 5.74) is 4.98. The topological polar surface area (TPSA) is 51.2 Å². The second-order valence-electron chi connectivity index (χ2n) is 6.72. The quantitative estimate of drug-likeness (QED) is 0.379. The zero-order chi connectivity index (χ0) is 20.9. The fourth-order valence-electron chi connectivity index (χ4n) is 2.94. The molecule has 1 heterocycles. The van der Waals surface area contributed by atoms with Gasteiger partial charge in [-0.15, -0.1) is 11.3 Å². The minimum Gasteiger partial charge on any atom is -0.484 e. The Balaban J connectivity index is 1.38. The summed E-state index contributed by atoms with van der Waals surface area (Å²) in [6, 6.07) is 22.7. The number of nitrogens with zero attached hydrogens (tertiary/aromatic N) is 1. The second kappa shape index (κ2) is 9.11. The molecule has 0 saturated heterocycles. The normalized spacial score (nSPS) is 10.6. The van der Waals surface area contributed by atoms with Crippen molar-refractivity contribution in [3.8, 4) is 27.6 Å². The molecule has 0 aliphatic rings. The van der Waals surface area contributed by atoms with Crippen molar-refractivity contribution in [2.45, 2.75) is 6.92 Å². The maximum Gasteiger partial charge on any atom is 0.262 e. The molecule has 1 aromatic heterocycles. The van der Waals surface area contributed by atoms with Crippen LogP contribution in [0.1, 0.15) is 5.56 Å². The van der Waals surface area contributed by atoms with Crippen molar-refractivity contribution in [1.82, 2.24) is 4.98 Å². The molecule has 0 aliphatic carbocycles. The van der Waals surface area contributed by atoms with Crippen LogP contribution in [-0.2, 0) is 4.79 Å². The number of aromatic nitrogens is 1. The van der Waals surface area contributed by atoms with Gasteiger partial charge < -0.3 is 10.1 Å². The zero-order valence-electron chi connectivity index (χ0n) is 16.3. The molecule has 0 radical (unpaired) electrons. The van der Waals surface area contributed by atoms with Gasteiger partial charge in [0, 0.05) is 27.2 Å². The van der Waals surface area contributed by atoms with Gasteiger partial charge in [-0.25, -0.2) is 4.98 Å². The first-order valence-electron chi connectivity index (χ1n) is 9.39. The van der Waals surface area contributed by atoms with Crippen LogP contribution in [0.3, 0.4) is 0 Å². The zero-order valence-corrected chi connectivity index (χ0v) is 17.8. The predicted octanol–water partition coefficient (Wildman–Crippen LogP) is 6.46. The third kappa shape index (κ3) is 4.87. The Morgan fingerprint density at radius 2 is 1.77 bits per heavy atom. The molecule has 4 rings (SSSR count). The lowest BCUT2D eigenvalue weighted by molar-refractivity contribution is -0.118. The predicted molar refractivity (Wildman–Crippen MR) is 123 cm³/mol. The highest BCUT2D eigenvalue weighted by Crippen LogP contribution is 2.31. The lowest BCUT2D eigenvalue weighted by atomic mass is 10.1. The van der Waals surface area contributed by atoms with E-state index in [0.717, 1.165) is 21.8 Å². The number of ether oxygens (including phenoxy) is 1. The summed E-state index contributed by atoms with van der Waals surface area (Å²) >= 11 is 7.47. The molecule has 1 amide bonds. The molecule has 3 aromatic carbocycles. The van der Waals surface area contributed by atoms with E-state index in [-0.39, 0.29) is 12.5 Å². The number of thiazole rings is 1. The van der Waals surface area contributed by atoms with Crippen LogP contribution >= 0.6 is 22.9 Å². The van der Waals surface area contributed by atoms with E-state index in [0.29, 0.717) is 16.5 Å². The number of carbonyl (C=O) groups excluding carboxylic acids is 1. The Labute approximate surface area is 184 Å². The highest BCUT2D eigenvalue weighted by atomic mass is 35.5. The summed E-state index contributed by atoms with van der Waals surface area (Å²) in [5, 5.41) is 6.51. The number of halogens is 1. The Hall–Kier alpha value is -3.15. The Kier molecular flexibility index (Phi) is 6.12. The Morgan fingerprint density at radius 3 is 2.50 bits per heavy atom. The molecule has 30 heavy (non-hydrogen) atoms. The van der Waals surface area contributed by atoms with Crippen molar-refractivity contribution in [1.29, 1.82) is 0 Å². The van der Waals surface area contributed by atoms with Crippen LogP contribution in [0, 0.1) is 6.92 Å². The molecule has 0 unspecified atom stereocenters. The number of amides is 1. The molecule has 0 spiro atoms. The van der Waals surface area contributed by atoms with Crippen molar-refractivity contribution in [2.24, 2.45) is 0 Å². The third-order valence-corrected chi connectivity index (χ3v) is 5.66. The maximum absolute atomic E-state index is 12.1. The van der Waals surface area contributed by atoms with Gasteiger partial charge >= 0.3 is 0 Å². The van der Waals surface area contributed by atoms with E-state index in [1.54, 1.807) is 35.6 Å². The summed E-state index contributed by atoms with van der Waals surface area (Å²) in [4.78, 5) is 16.9. The first-order chi connectivity index (χ1) is 14.6. The van der Waals surface area contributed by atoms with Gasteiger partial charge in [0.15, 0.2) is 6.61 Å². The summed E-state index contributed by atoms with van der Waals surface area (Å²) in [6.07, 6.45) is 0. The number of nitrogens with one attached hydrogen (secondary N) is 1. The van der Waals surface area contributed by atoms with Crippen molar-refractivity contribution in [3.05, 3.63) is 88.8 Å². The van der Waals surface area contributed by atoms with Gasteiger partial charge in [-0.05, 0) is 48.9 Å². The molecule has 1 N–H and O–H groups in total. The lowest BCUT2D eigenvalue weighted by Gasteiger charge is -2.08. The van der Waals surface area contributed by atoms with Gasteiger partial charge in [0.1, 0.15) is 10.8 Å². The minimum absolute atomic E-state index is 0.0742. The smallest absolute Gasteiger partial charge is 0.262 e. The summed E-state index contributed by atoms with van der Waals surface area (Å²) < 4.78 is 5.46. The van der Waals surface area contributed by atoms with Crippen LogP contribution in [0.4, 0.5) is 5.69 Å². The average Bonchev–Trinajstić information content (AvgIpc) is 3.24. The monoisotopic (exact) mass is 434 g/mol. The standard InChI is InChI=1S/C24H19ClN2O2S/c1-16-4-2-3-5-21(16)24-27-22(15-30-24)17-6-10-19(11-7-17)26-23(28)14-29-20-12-8-18(25)9-13-20/h2-13,15H,14H2,1H3,(H,26,28). The first-order valence-corrected chi connectivity index (χ1v) is 10.6. The number of aryl methyl sites for hydroxylation is 1. The van der Waals surface area contributed by atoms with E-state index >= 15 is 0 Å². The molecule has 0 saturated carbocycles. The molecule has 0 atom stereocenters. The van der Waals surface area contributed by atoms with Gasteiger partial charge in [-0.3, -0.25) is 4.79 Å². The summed E-state index contributed by atoms with van der Waals surface area (Å²) in [7, 11) is 0. The average molecular weight is 435 g/mol. The number of benzene rings is 3. The molecule has 4 nitrogen and oxygen atoms in total. The third-order valence-electron chi connectivity index (χ3n) is 4.53. The van der Waals surface area contributed by atoms with Gasteiger partial charge in [-0.2, -0.15) is 0 Å². The number of hydrogen-bond donors (Lipinski definition) is 1. The van der Waals surface area contributed by atoms with Gasteiger partial charge in [0.25, 0.3) is 5.91 Å². The number of anilines is 1. The minimum atomic E-state index is -0.229. The lowest BCUT2D eigenvalue weighted by Crippen LogP contribution is -2.20. The number of rotatable bonds is 6. The number of hydrogen-bond acceptors (Lipinski definition) is 4. The van der Waals surface area contributed by atoms with Crippen molar-refractivity contribution in [2.75, 3.05) is 11.9 Å². The van der Waals surface area contributed by atoms with E-state index in [2.05, 4.69) is 29.8 Å². The largest absolute Gasteiger partial charge is 0.484 e. The van der Waals surface area contributed by atoms with Crippen molar-refractivity contribution < 1.29 is 9.53 Å². The maximum atomic E-state index is 12.1. The Morgan fingerprint density at radius 1 is 1.03 bits per heavy atom. The highest BCUT2D eigenvalue weighted by molar-refractivity contribution is 7.13. The fourth-order valence-corrected chi connectivity index (χ4v) is 3.99. The SMILES string of the molecule is Cc1ccccc1-c1nc(-c2ccc(NC(=O)COc3ccc(Cl)cc3)cc2)cs1. The molecule has 0 bridgehead atoms. The fraction of sp³-hybridized carbons (Fsp3) is 0.0833. The molecule has 6 heteroatoms. The second-order valence-corrected chi connectivity index (χ2v) is 8.02. The van der Waals surface area contributed by atoms with Crippen LogP contribution in [-0.4, -0.2) is 17.5 Å². The van der Waals surface area contributed by atoms with E-state index in [4.69, 9.17) is 21.3 Å². The van der Waals surface area contributed by atoms with Crippen LogP contribution in [0.15, 0.2) is 78.2 Å². The van der Waals surface area contributed by atoms with E-state index < -0.39 is 0 Å². The van der Waals surface area contributed by atoms with Gasteiger partial charge in [-0.1, -0.05) is 48.0 Å². The molecule has 0 aliphatic heterocycles. The van der Waals surface area contributed by atoms with E-state index in [1.807, 2.05) is 36.4 Å². The van der Waals surface area contributed by atoms with Crippen LogP contribution in [0.2, 0.25) is 5.02 Å². The van der Waals surface area contributed by atoms with E-state index in [9.17, 15) is 4.79 Å². The summed E-state index contributed by atoms with van der Waals surface area (Å²) in [6.45, 7) is 2.01. The van der Waals surface area contributed by atoms with Gasteiger partial charge in [0.2, 0.25) is 0 Å². The Bertz CT molecular complexity index is 1150. The number of carbonyl (C=O) groups is 1. The first kappa shape index (κ1) is 20.1. The van der Waals surface area contributed by atoms with Crippen LogP contribution in [0.5, 0.6) is 5.75 Å². The molecular weight excluding hydrogens is 416 g/mol. The van der Waals surface area contributed by atoms with Crippen molar-refractivity contribution >= 4 is 34.5 Å². The molecule has 0 fully saturated rings.